The number of nitrogen functional groups attached to an aromatic ring is 1. The molecule has 0 aliphatic carbocycles. The number of halogens is 1. The lowest BCUT2D eigenvalue weighted by atomic mass is 10.1. The van der Waals surface area contributed by atoms with E-state index in [0.29, 0.717) is 27.8 Å². The molecule has 0 fully saturated rings. The first-order valence-corrected chi connectivity index (χ1v) is 4.60. The van der Waals surface area contributed by atoms with Gasteiger partial charge in [-0.05, 0) is 22.0 Å². The number of methoxy groups -OCH3 is 2. The summed E-state index contributed by atoms with van der Waals surface area (Å²) < 4.78 is 10.7. The van der Waals surface area contributed by atoms with Crippen molar-refractivity contribution in [2.75, 3.05) is 20.0 Å². The molecule has 0 aromatic heterocycles. The lowest BCUT2D eigenvalue weighted by molar-refractivity contribution is 0.112. The summed E-state index contributed by atoms with van der Waals surface area (Å²) in [5.41, 5.74) is 6.35. The Morgan fingerprint density at radius 2 is 2.07 bits per heavy atom. The summed E-state index contributed by atoms with van der Waals surface area (Å²) in [5.74, 6) is 0.861. The summed E-state index contributed by atoms with van der Waals surface area (Å²) in [6.45, 7) is 0. The van der Waals surface area contributed by atoms with Crippen LogP contribution in [0.25, 0.3) is 0 Å². The highest BCUT2D eigenvalue weighted by Gasteiger charge is 2.15. The molecule has 0 saturated heterocycles. The second kappa shape index (κ2) is 4.32. The number of hydrogen-bond donors (Lipinski definition) is 1. The molecular formula is C9H10BrNO3. The van der Waals surface area contributed by atoms with Crippen LogP contribution in [0.15, 0.2) is 10.5 Å². The van der Waals surface area contributed by atoms with Crippen LogP contribution in [0.3, 0.4) is 0 Å². The molecule has 76 valence electrons. The third-order valence-corrected chi connectivity index (χ3v) is 2.47. The van der Waals surface area contributed by atoms with Gasteiger partial charge in [-0.25, -0.2) is 0 Å². The summed E-state index contributed by atoms with van der Waals surface area (Å²) in [5, 5.41) is 0. The zero-order valence-electron chi connectivity index (χ0n) is 7.83. The third-order valence-electron chi connectivity index (χ3n) is 1.82. The smallest absolute Gasteiger partial charge is 0.184 e. The maximum atomic E-state index is 10.7. The Morgan fingerprint density at radius 1 is 1.43 bits per heavy atom. The zero-order chi connectivity index (χ0) is 10.7. The van der Waals surface area contributed by atoms with E-state index >= 15 is 0 Å². The van der Waals surface area contributed by atoms with Crippen LogP contribution in [0.1, 0.15) is 10.4 Å². The average molecular weight is 260 g/mol. The van der Waals surface area contributed by atoms with E-state index in [1.165, 1.54) is 14.2 Å². The molecule has 4 nitrogen and oxygen atoms in total. The van der Waals surface area contributed by atoms with Crippen LogP contribution >= 0.6 is 15.9 Å². The van der Waals surface area contributed by atoms with Crippen LogP contribution in [0.2, 0.25) is 0 Å². The van der Waals surface area contributed by atoms with Crippen LogP contribution in [-0.4, -0.2) is 20.5 Å². The van der Waals surface area contributed by atoms with Gasteiger partial charge in [0.2, 0.25) is 0 Å². The molecule has 0 aliphatic rings. The molecule has 2 N–H and O–H groups in total. The molecule has 0 radical (unpaired) electrons. The van der Waals surface area contributed by atoms with Gasteiger partial charge in [0, 0.05) is 4.47 Å². The quantitative estimate of drug-likeness (QED) is 0.665. The maximum absolute atomic E-state index is 10.7. The molecule has 0 atom stereocenters. The van der Waals surface area contributed by atoms with Crippen LogP contribution in [0.5, 0.6) is 11.5 Å². The van der Waals surface area contributed by atoms with Crippen molar-refractivity contribution in [3.05, 3.63) is 16.1 Å². The second-order valence-corrected chi connectivity index (χ2v) is 3.39. The number of nitrogens with two attached hydrogens (primary N) is 1. The number of hydrogen-bond acceptors (Lipinski definition) is 4. The predicted molar refractivity (Wildman–Crippen MR) is 57.0 cm³/mol. The van der Waals surface area contributed by atoms with Gasteiger partial charge in [0.15, 0.2) is 17.8 Å². The molecule has 1 aromatic rings. The highest BCUT2D eigenvalue weighted by atomic mass is 79.9. The second-order valence-electron chi connectivity index (χ2n) is 2.54. The number of carbonyl (C=O) groups is 1. The monoisotopic (exact) mass is 259 g/mol. The van der Waals surface area contributed by atoms with Gasteiger partial charge in [-0.1, -0.05) is 0 Å². The largest absolute Gasteiger partial charge is 0.493 e. The number of ether oxygens (including phenoxy) is 2. The molecule has 0 amide bonds. The van der Waals surface area contributed by atoms with Gasteiger partial charge in [0.25, 0.3) is 0 Å². The van der Waals surface area contributed by atoms with Crippen LogP contribution in [0, 0.1) is 0 Å². The molecule has 1 aromatic carbocycles. The molecule has 5 heteroatoms. The highest BCUT2D eigenvalue weighted by Crippen LogP contribution is 2.39. The van der Waals surface area contributed by atoms with Gasteiger partial charge in [0.05, 0.1) is 25.5 Å². The van der Waals surface area contributed by atoms with Gasteiger partial charge in [-0.15, -0.1) is 0 Å². The molecule has 0 bridgehead atoms. The maximum Gasteiger partial charge on any atom is 0.184 e. The van der Waals surface area contributed by atoms with Gasteiger partial charge < -0.3 is 15.2 Å². The number of anilines is 1. The van der Waals surface area contributed by atoms with Crippen LogP contribution < -0.4 is 15.2 Å². The van der Waals surface area contributed by atoms with E-state index in [4.69, 9.17) is 15.2 Å². The molecule has 0 unspecified atom stereocenters. The first kappa shape index (κ1) is 10.8. The molecule has 14 heavy (non-hydrogen) atoms. The Kier molecular flexibility index (Phi) is 3.35. The fraction of sp³-hybridized carbons (Fsp3) is 0.222. The van der Waals surface area contributed by atoms with Crippen molar-refractivity contribution in [3.8, 4) is 11.5 Å². The van der Waals surface area contributed by atoms with E-state index in [1.54, 1.807) is 6.07 Å². The summed E-state index contributed by atoms with van der Waals surface area (Å²) in [4.78, 5) is 10.7. The van der Waals surface area contributed by atoms with Gasteiger partial charge in [0.1, 0.15) is 0 Å². The lowest BCUT2D eigenvalue weighted by Gasteiger charge is -2.12. The average Bonchev–Trinajstić information content (AvgIpc) is 2.17. The Labute approximate surface area is 90.1 Å². The van der Waals surface area contributed by atoms with E-state index in [-0.39, 0.29) is 5.69 Å². The van der Waals surface area contributed by atoms with E-state index < -0.39 is 0 Å². The summed E-state index contributed by atoms with van der Waals surface area (Å²) in [6.07, 6.45) is 0.668. The first-order valence-electron chi connectivity index (χ1n) is 3.80. The van der Waals surface area contributed by atoms with Crippen molar-refractivity contribution < 1.29 is 14.3 Å². The van der Waals surface area contributed by atoms with Gasteiger partial charge >= 0.3 is 0 Å². The predicted octanol–water partition coefficient (Wildman–Crippen LogP) is 1.86. The zero-order valence-corrected chi connectivity index (χ0v) is 9.42. The standard InChI is InChI=1S/C9H10BrNO3/c1-13-7-3-6(10)5(4-12)8(11)9(7)14-2/h3-4H,11H2,1-2H3. The summed E-state index contributed by atoms with van der Waals surface area (Å²) in [7, 11) is 2.97. The van der Waals surface area contributed by atoms with Crippen molar-refractivity contribution in [1.29, 1.82) is 0 Å². The van der Waals surface area contributed by atoms with Crippen molar-refractivity contribution in [1.82, 2.24) is 0 Å². The molecule has 0 spiro atoms. The lowest BCUT2D eigenvalue weighted by Crippen LogP contribution is -2.01. The first-order chi connectivity index (χ1) is 6.65. The molecule has 0 heterocycles. The highest BCUT2D eigenvalue weighted by molar-refractivity contribution is 9.10. The van der Waals surface area contributed by atoms with Crippen LogP contribution in [0.4, 0.5) is 5.69 Å². The molecule has 1 rings (SSSR count). The third kappa shape index (κ3) is 1.68. The van der Waals surface area contributed by atoms with Crippen molar-refractivity contribution in [2.45, 2.75) is 0 Å². The number of benzene rings is 1. The number of carbonyl (C=O) groups excluding carboxylic acids is 1. The summed E-state index contributed by atoms with van der Waals surface area (Å²) in [6, 6.07) is 1.64. The van der Waals surface area contributed by atoms with Gasteiger partial charge in [-0.3, -0.25) is 4.79 Å². The van der Waals surface area contributed by atoms with Crippen molar-refractivity contribution in [2.24, 2.45) is 0 Å². The SMILES string of the molecule is COc1cc(Br)c(C=O)c(N)c1OC. The van der Waals surface area contributed by atoms with Crippen molar-refractivity contribution >= 4 is 27.9 Å². The van der Waals surface area contributed by atoms with E-state index in [1.807, 2.05) is 0 Å². The topological polar surface area (TPSA) is 61.5 Å². The molecular weight excluding hydrogens is 250 g/mol. The van der Waals surface area contributed by atoms with Crippen LogP contribution in [-0.2, 0) is 0 Å². The van der Waals surface area contributed by atoms with E-state index in [9.17, 15) is 4.79 Å². The van der Waals surface area contributed by atoms with E-state index in [0.717, 1.165) is 0 Å². The fourth-order valence-electron chi connectivity index (χ4n) is 1.12. The van der Waals surface area contributed by atoms with E-state index in [2.05, 4.69) is 15.9 Å². The molecule has 0 saturated carbocycles. The number of aldehydes is 1. The number of rotatable bonds is 3. The fourth-order valence-corrected chi connectivity index (χ4v) is 1.64. The minimum absolute atomic E-state index is 0.272. The normalized spacial score (nSPS) is 9.64. The Balaban J connectivity index is 3.46. The molecule has 0 aliphatic heterocycles. The summed E-state index contributed by atoms with van der Waals surface area (Å²) >= 11 is 3.22. The Morgan fingerprint density at radius 3 is 2.50 bits per heavy atom. The minimum Gasteiger partial charge on any atom is -0.493 e. The Hall–Kier alpha value is -1.23. The Bertz CT molecular complexity index is 366. The van der Waals surface area contributed by atoms with Gasteiger partial charge in [-0.2, -0.15) is 0 Å². The van der Waals surface area contributed by atoms with Crippen molar-refractivity contribution in [3.63, 3.8) is 0 Å². The minimum atomic E-state index is 0.272.